The molecule has 0 radical (unpaired) electrons. The van der Waals surface area contributed by atoms with Gasteiger partial charge < -0.3 is 0 Å². The standard InChI is InChI=1S/C46H31N5/c1-28-23-25-36-34-20-10-9-18-32(34)33-19-11-12-21-35(33)41(36)39(28)40-29(2)24-26-38-42(40)37-22-13-27-47-45(37)51(38)46-49-43(30-14-5-3-6-15-30)48-44(50-46)31-16-7-4-8-17-31/h3-27H,1-2H3. The van der Waals surface area contributed by atoms with Gasteiger partial charge >= 0.3 is 0 Å². The van der Waals surface area contributed by atoms with Crippen LogP contribution in [0.2, 0.25) is 0 Å². The van der Waals surface area contributed by atoms with Gasteiger partial charge in [0, 0.05) is 28.1 Å². The zero-order valence-electron chi connectivity index (χ0n) is 28.2. The average Bonchev–Trinajstić information content (AvgIpc) is 3.53. The predicted molar refractivity (Wildman–Crippen MR) is 210 cm³/mol. The molecule has 10 rings (SSSR count). The summed E-state index contributed by atoms with van der Waals surface area (Å²) in [6, 6.07) is 51.0. The molecule has 10 aromatic rings. The molecular weight excluding hydrogens is 623 g/mol. The van der Waals surface area contributed by atoms with Crippen LogP contribution in [0.4, 0.5) is 0 Å². The van der Waals surface area contributed by atoms with Crippen molar-refractivity contribution in [3.05, 3.63) is 163 Å². The molecule has 240 valence electrons. The van der Waals surface area contributed by atoms with Crippen molar-refractivity contribution in [2.24, 2.45) is 0 Å². The fourth-order valence-corrected chi connectivity index (χ4v) is 7.88. The van der Waals surface area contributed by atoms with Crippen molar-refractivity contribution in [2.75, 3.05) is 0 Å². The molecular formula is C46H31N5. The highest BCUT2D eigenvalue weighted by molar-refractivity contribution is 6.30. The molecule has 0 aliphatic heterocycles. The molecule has 0 fully saturated rings. The normalized spacial score (nSPS) is 11.7. The van der Waals surface area contributed by atoms with Crippen LogP contribution in [0.1, 0.15) is 11.1 Å². The van der Waals surface area contributed by atoms with E-state index in [9.17, 15) is 0 Å². The molecule has 0 unspecified atom stereocenters. The highest BCUT2D eigenvalue weighted by Crippen LogP contribution is 2.46. The molecule has 0 bridgehead atoms. The van der Waals surface area contributed by atoms with E-state index in [0.717, 1.165) is 33.1 Å². The molecule has 0 saturated carbocycles. The lowest BCUT2D eigenvalue weighted by molar-refractivity contribution is 0.944. The fourth-order valence-electron chi connectivity index (χ4n) is 7.88. The highest BCUT2D eigenvalue weighted by Gasteiger charge is 2.24. The van der Waals surface area contributed by atoms with Crippen LogP contribution in [-0.4, -0.2) is 24.5 Å². The zero-order chi connectivity index (χ0) is 34.1. The molecule has 7 aromatic carbocycles. The van der Waals surface area contributed by atoms with Gasteiger partial charge in [0.25, 0.3) is 0 Å². The number of hydrogen-bond acceptors (Lipinski definition) is 4. The number of pyridine rings is 1. The number of fused-ring (bicyclic) bond motifs is 9. The van der Waals surface area contributed by atoms with Crippen LogP contribution >= 0.6 is 0 Å². The van der Waals surface area contributed by atoms with E-state index in [-0.39, 0.29) is 0 Å². The van der Waals surface area contributed by atoms with Gasteiger partial charge in [0.05, 0.1) is 5.52 Å². The number of nitrogens with zero attached hydrogens (tertiary/aromatic N) is 5. The Hall–Kier alpha value is -6.72. The van der Waals surface area contributed by atoms with Crippen LogP contribution in [-0.2, 0) is 0 Å². The van der Waals surface area contributed by atoms with Gasteiger partial charge in [-0.1, -0.05) is 127 Å². The number of benzene rings is 7. The van der Waals surface area contributed by atoms with Crippen LogP contribution in [0.25, 0.3) is 94.1 Å². The van der Waals surface area contributed by atoms with E-state index in [0.29, 0.717) is 17.6 Å². The minimum Gasteiger partial charge on any atom is -0.262 e. The van der Waals surface area contributed by atoms with Crippen molar-refractivity contribution in [1.29, 1.82) is 0 Å². The second kappa shape index (κ2) is 11.4. The summed E-state index contributed by atoms with van der Waals surface area (Å²) >= 11 is 0. The summed E-state index contributed by atoms with van der Waals surface area (Å²) in [6.45, 7) is 4.46. The topological polar surface area (TPSA) is 56.5 Å². The van der Waals surface area contributed by atoms with Crippen LogP contribution in [0.15, 0.2) is 152 Å². The summed E-state index contributed by atoms with van der Waals surface area (Å²) in [4.78, 5) is 20.2. The van der Waals surface area contributed by atoms with E-state index in [1.165, 1.54) is 54.6 Å². The first-order valence-corrected chi connectivity index (χ1v) is 17.2. The van der Waals surface area contributed by atoms with Gasteiger partial charge in [0.1, 0.15) is 5.65 Å². The monoisotopic (exact) mass is 653 g/mol. The van der Waals surface area contributed by atoms with Gasteiger partial charge in [-0.05, 0) is 86.6 Å². The molecule has 0 amide bonds. The summed E-state index contributed by atoms with van der Waals surface area (Å²) in [5.41, 5.74) is 8.51. The Kier molecular flexibility index (Phi) is 6.55. The minimum atomic E-state index is 0.530. The van der Waals surface area contributed by atoms with Gasteiger partial charge in [0.15, 0.2) is 11.6 Å². The van der Waals surface area contributed by atoms with E-state index >= 15 is 0 Å². The maximum Gasteiger partial charge on any atom is 0.240 e. The second-order valence-corrected chi connectivity index (χ2v) is 13.1. The Morgan fingerprint density at radius 1 is 0.412 bits per heavy atom. The number of aromatic nitrogens is 5. The second-order valence-electron chi connectivity index (χ2n) is 13.1. The first-order chi connectivity index (χ1) is 25.2. The molecule has 5 nitrogen and oxygen atoms in total. The Balaban J connectivity index is 1.35. The summed E-state index contributed by atoms with van der Waals surface area (Å²) < 4.78 is 2.11. The predicted octanol–water partition coefficient (Wildman–Crippen LogP) is 11.4. The van der Waals surface area contributed by atoms with Crippen LogP contribution in [0.3, 0.4) is 0 Å². The Labute approximate surface area is 294 Å². The van der Waals surface area contributed by atoms with Crippen LogP contribution < -0.4 is 0 Å². The van der Waals surface area contributed by atoms with Crippen LogP contribution in [0, 0.1) is 13.8 Å². The van der Waals surface area contributed by atoms with Crippen molar-refractivity contribution in [3.8, 4) is 39.9 Å². The van der Waals surface area contributed by atoms with E-state index in [1.807, 2.05) is 72.9 Å². The Morgan fingerprint density at radius 2 is 0.902 bits per heavy atom. The quantitative estimate of drug-likeness (QED) is 0.177. The third-order valence-electron chi connectivity index (χ3n) is 10.2. The summed E-state index contributed by atoms with van der Waals surface area (Å²) in [7, 11) is 0. The molecule has 0 aliphatic carbocycles. The van der Waals surface area contributed by atoms with E-state index < -0.39 is 0 Å². The molecule has 0 saturated heterocycles. The maximum atomic E-state index is 5.14. The summed E-state index contributed by atoms with van der Waals surface area (Å²) in [5, 5.41) is 9.74. The number of hydrogen-bond donors (Lipinski definition) is 0. The average molecular weight is 654 g/mol. The molecule has 5 heteroatoms. The first-order valence-electron chi connectivity index (χ1n) is 17.2. The van der Waals surface area contributed by atoms with Gasteiger partial charge in [-0.25, -0.2) is 9.97 Å². The highest BCUT2D eigenvalue weighted by atomic mass is 15.2. The first kappa shape index (κ1) is 29.2. The zero-order valence-corrected chi connectivity index (χ0v) is 28.2. The summed E-state index contributed by atoms with van der Waals surface area (Å²) in [6.07, 6.45) is 1.85. The van der Waals surface area contributed by atoms with Gasteiger partial charge in [0.2, 0.25) is 5.95 Å². The summed E-state index contributed by atoms with van der Waals surface area (Å²) in [5.74, 6) is 1.75. The van der Waals surface area contributed by atoms with Crippen molar-refractivity contribution in [2.45, 2.75) is 13.8 Å². The molecule has 0 atom stereocenters. The lowest BCUT2D eigenvalue weighted by Crippen LogP contribution is -2.07. The van der Waals surface area contributed by atoms with Crippen molar-refractivity contribution < 1.29 is 0 Å². The van der Waals surface area contributed by atoms with Gasteiger partial charge in [-0.3, -0.25) is 4.57 Å². The molecule has 0 spiro atoms. The van der Waals surface area contributed by atoms with Crippen LogP contribution in [0.5, 0.6) is 0 Å². The molecule has 3 aromatic heterocycles. The third-order valence-corrected chi connectivity index (χ3v) is 10.2. The minimum absolute atomic E-state index is 0.530. The van der Waals surface area contributed by atoms with Gasteiger partial charge in [-0.15, -0.1) is 0 Å². The van der Waals surface area contributed by atoms with E-state index in [1.54, 1.807) is 0 Å². The maximum absolute atomic E-state index is 5.14. The SMILES string of the molecule is Cc1ccc2c3ccccc3c3ccccc3c2c1-c1c(C)ccc2c1c1cccnc1n2-c1nc(-c2ccccc2)nc(-c2ccccc2)n1. The lowest BCUT2D eigenvalue weighted by Gasteiger charge is -2.19. The number of aryl methyl sites for hydroxylation is 2. The molecule has 0 N–H and O–H groups in total. The Bertz CT molecular complexity index is 2890. The Morgan fingerprint density at radius 3 is 1.53 bits per heavy atom. The van der Waals surface area contributed by atoms with E-state index in [4.69, 9.17) is 19.9 Å². The van der Waals surface area contributed by atoms with Gasteiger partial charge in [-0.2, -0.15) is 9.97 Å². The number of rotatable bonds is 4. The van der Waals surface area contributed by atoms with Crippen molar-refractivity contribution in [3.63, 3.8) is 0 Å². The molecule has 0 aliphatic rings. The van der Waals surface area contributed by atoms with Crippen molar-refractivity contribution in [1.82, 2.24) is 24.5 Å². The fraction of sp³-hybridized carbons (Fsp3) is 0.0435. The molecule has 3 heterocycles. The third kappa shape index (κ3) is 4.48. The van der Waals surface area contributed by atoms with E-state index in [2.05, 4.69) is 97.3 Å². The van der Waals surface area contributed by atoms with Crippen molar-refractivity contribution >= 4 is 54.3 Å². The lowest BCUT2D eigenvalue weighted by atomic mass is 9.84. The smallest absolute Gasteiger partial charge is 0.240 e. The largest absolute Gasteiger partial charge is 0.262 e. The molecule has 51 heavy (non-hydrogen) atoms.